The van der Waals surface area contributed by atoms with Crippen LogP contribution >= 0.6 is 0 Å². The summed E-state index contributed by atoms with van der Waals surface area (Å²) in [4.78, 5) is 26.5. The molecule has 0 aliphatic carbocycles. The number of amides is 1. The first kappa shape index (κ1) is 24.3. The average Bonchev–Trinajstić information content (AvgIpc) is 2.87. The summed E-state index contributed by atoms with van der Waals surface area (Å²) in [5.74, 6) is 1.02. The largest absolute Gasteiger partial charge is 0.348 e. The standard InChI is InChI=1S/C26H32N8O/c1-5-12-29-24(35)20-16-30-25(31-19-10-9-18-15-28-13-11-17(18)14-19)34-23(20)33-22-8-6-7-21(32-22)26(2,3)27-4/h5-10,14,16,27-28H,1,11-13,15H2,2-4H3,(H,29,35)(H2,30,31,32,33,34). The highest BCUT2D eigenvalue weighted by atomic mass is 16.1. The van der Waals surface area contributed by atoms with E-state index in [1.54, 1.807) is 6.08 Å². The van der Waals surface area contributed by atoms with Crippen LogP contribution in [-0.2, 0) is 18.5 Å². The van der Waals surface area contributed by atoms with E-state index in [1.807, 2.05) is 31.3 Å². The van der Waals surface area contributed by atoms with Gasteiger partial charge >= 0.3 is 0 Å². The second kappa shape index (κ2) is 10.6. The second-order valence-electron chi connectivity index (χ2n) is 8.90. The van der Waals surface area contributed by atoms with E-state index in [0.717, 1.165) is 30.9 Å². The Labute approximate surface area is 205 Å². The van der Waals surface area contributed by atoms with E-state index in [1.165, 1.54) is 17.3 Å². The van der Waals surface area contributed by atoms with Gasteiger partial charge in [-0.3, -0.25) is 4.79 Å². The molecule has 0 radical (unpaired) electrons. The first-order chi connectivity index (χ1) is 16.9. The third-order valence-electron chi connectivity index (χ3n) is 6.05. The van der Waals surface area contributed by atoms with E-state index in [9.17, 15) is 4.79 Å². The summed E-state index contributed by atoms with van der Waals surface area (Å²) in [6, 6.07) is 12.0. The molecule has 9 heteroatoms. The molecule has 3 heterocycles. The smallest absolute Gasteiger partial charge is 0.256 e. The molecule has 1 aromatic carbocycles. The summed E-state index contributed by atoms with van der Waals surface area (Å²) < 4.78 is 0. The van der Waals surface area contributed by atoms with Crippen molar-refractivity contribution in [1.82, 2.24) is 30.9 Å². The van der Waals surface area contributed by atoms with Gasteiger partial charge in [-0.05, 0) is 69.3 Å². The molecule has 0 saturated carbocycles. The third-order valence-corrected chi connectivity index (χ3v) is 6.05. The molecule has 182 valence electrons. The topological polar surface area (TPSA) is 116 Å². The van der Waals surface area contributed by atoms with E-state index in [-0.39, 0.29) is 11.4 Å². The lowest BCUT2D eigenvalue weighted by Crippen LogP contribution is -2.34. The van der Waals surface area contributed by atoms with Gasteiger partial charge in [-0.1, -0.05) is 18.2 Å². The number of hydrogen-bond acceptors (Lipinski definition) is 8. The SMILES string of the molecule is C=CCNC(=O)c1cnc(Nc2ccc3c(c2)CCNC3)nc1Nc1cccc(C(C)(C)NC)n1. The molecule has 0 saturated heterocycles. The minimum atomic E-state index is -0.317. The predicted octanol–water partition coefficient (Wildman–Crippen LogP) is 3.37. The predicted molar refractivity (Wildman–Crippen MR) is 139 cm³/mol. The molecule has 5 N–H and O–H groups in total. The third kappa shape index (κ3) is 5.82. The molecule has 0 atom stereocenters. The van der Waals surface area contributed by atoms with Crippen molar-refractivity contribution >= 4 is 29.2 Å². The van der Waals surface area contributed by atoms with Gasteiger partial charge in [0, 0.05) is 25.0 Å². The van der Waals surface area contributed by atoms with Crippen LogP contribution in [0.25, 0.3) is 0 Å². The maximum atomic E-state index is 12.8. The van der Waals surface area contributed by atoms with Crippen molar-refractivity contribution in [2.24, 2.45) is 0 Å². The van der Waals surface area contributed by atoms with Crippen LogP contribution < -0.4 is 26.6 Å². The summed E-state index contributed by atoms with van der Waals surface area (Å²) in [6.45, 7) is 9.94. The summed E-state index contributed by atoms with van der Waals surface area (Å²) in [5, 5.41) is 15.9. The summed E-state index contributed by atoms with van der Waals surface area (Å²) in [7, 11) is 1.89. The zero-order valence-electron chi connectivity index (χ0n) is 20.4. The first-order valence-corrected chi connectivity index (χ1v) is 11.7. The fourth-order valence-electron chi connectivity index (χ4n) is 3.75. The Morgan fingerprint density at radius 2 is 2.03 bits per heavy atom. The van der Waals surface area contributed by atoms with Crippen LogP contribution in [-0.4, -0.2) is 41.0 Å². The van der Waals surface area contributed by atoms with Crippen molar-refractivity contribution in [3.8, 4) is 0 Å². The van der Waals surface area contributed by atoms with Gasteiger partial charge in [0.2, 0.25) is 5.95 Å². The molecular formula is C26H32N8O. The Balaban J connectivity index is 1.64. The molecule has 0 fully saturated rings. The van der Waals surface area contributed by atoms with Gasteiger partial charge < -0.3 is 26.6 Å². The van der Waals surface area contributed by atoms with Gasteiger partial charge in [0.05, 0.1) is 11.2 Å². The quantitative estimate of drug-likeness (QED) is 0.301. The molecule has 1 aliphatic heterocycles. The van der Waals surface area contributed by atoms with E-state index in [4.69, 9.17) is 4.98 Å². The van der Waals surface area contributed by atoms with Crippen LogP contribution in [0, 0.1) is 0 Å². The number of aromatic nitrogens is 3. The summed E-state index contributed by atoms with van der Waals surface area (Å²) in [5.41, 5.74) is 4.36. The number of benzene rings is 1. The minimum Gasteiger partial charge on any atom is -0.348 e. The molecular weight excluding hydrogens is 440 g/mol. The Hall–Kier alpha value is -3.82. The number of rotatable bonds is 9. The summed E-state index contributed by atoms with van der Waals surface area (Å²) >= 11 is 0. The molecule has 3 aromatic rings. The van der Waals surface area contributed by atoms with Crippen molar-refractivity contribution in [1.29, 1.82) is 0 Å². The van der Waals surface area contributed by atoms with Crippen molar-refractivity contribution < 1.29 is 4.79 Å². The van der Waals surface area contributed by atoms with Gasteiger partial charge in [-0.25, -0.2) is 9.97 Å². The minimum absolute atomic E-state index is 0.299. The van der Waals surface area contributed by atoms with Crippen LogP contribution in [0.5, 0.6) is 0 Å². The van der Waals surface area contributed by atoms with E-state index in [0.29, 0.717) is 29.7 Å². The zero-order chi connectivity index (χ0) is 24.8. The van der Waals surface area contributed by atoms with Gasteiger partial charge in [-0.15, -0.1) is 6.58 Å². The molecule has 35 heavy (non-hydrogen) atoms. The molecule has 1 aliphatic rings. The number of carbonyl (C=O) groups is 1. The molecule has 0 unspecified atom stereocenters. The number of nitrogens with zero attached hydrogens (tertiary/aromatic N) is 3. The number of anilines is 4. The lowest BCUT2D eigenvalue weighted by Gasteiger charge is -2.24. The Kier molecular flexibility index (Phi) is 7.38. The highest BCUT2D eigenvalue weighted by Gasteiger charge is 2.21. The fourth-order valence-corrected chi connectivity index (χ4v) is 3.75. The van der Waals surface area contributed by atoms with Gasteiger partial charge in [-0.2, -0.15) is 4.98 Å². The van der Waals surface area contributed by atoms with Crippen LogP contribution in [0.4, 0.5) is 23.3 Å². The molecule has 1 amide bonds. The molecule has 0 bridgehead atoms. The maximum Gasteiger partial charge on any atom is 0.256 e. The molecule has 2 aromatic heterocycles. The maximum absolute atomic E-state index is 12.8. The Bertz CT molecular complexity index is 1220. The normalized spacial score (nSPS) is 13.0. The van der Waals surface area contributed by atoms with E-state index < -0.39 is 0 Å². The number of fused-ring (bicyclic) bond motifs is 1. The van der Waals surface area contributed by atoms with Crippen LogP contribution in [0.1, 0.15) is 41.0 Å². The Morgan fingerprint density at radius 1 is 1.17 bits per heavy atom. The Morgan fingerprint density at radius 3 is 2.83 bits per heavy atom. The lowest BCUT2D eigenvalue weighted by molar-refractivity contribution is 0.0958. The molecule has 9 nitrogen and oxygen atoms in total. The first-order valence-electron chi connectivity index (χ1n) is 11.7. The summed E-state index contributed by atoms with van der Waals surface area (Å²) in [6.07, 6.45) is 4.12. The van der Waals surface area contributed by atoms with Gasteiger partial charge in [0.25, 0.3) is 5.91 Å². The fraction of sp³-hybridized carbons (Fsp3) is 0.308. The number of hydrogen-bond donors (Lipinski definition) is 5. The van der Waals surface area contributed by atoms with Crippen molar-refractivity contribution in [3.05, 3.63) is 77.6 Å². The average molecular weight is 473 g/mol. The van der Waals surface area contributed by atoms with Crippen LogP contribution in [0.3, 0.4) is 0 Å². The molecule has 4 rings (SSSR count). The van der Waals surface area contributed by atoms with Crippen LogP contribution in [0.2, 0.25) is 0 Å². The van der Waals surface area contributed by atoms with E-state index >= 15 is 0 Å². The van der Waals surface area contributed by atoms with Crippen molar-refractivity contribution in [3.63, 3.8) is 0 Å². The number of pyridine rings is 1. The second-order valence-corrected chi connectivity index (χ2v) is 8.90. The highest BCUT2D eigenvalue weighted by Crippen LogP contribution is 2.25. The molecule has 0 spiro atoms. The number of nitrogens with one attached hydrogen (secondary N) is 5. The lowest BCUT2D eigenvalue weighted by atomic mass is 10.0. The van der Waals surface area contributed by atoms with E-state index in [2.05, 4.69) is 69.1 Å². The highest BCUT2D eigenvalue weighted by molar-refractivity contribution is 5.99. The van der Waals surface area contributed by atoms with Crippen molar-refractivity contribution in [2.75, 3.05) is 30.8 Å². The monoisotopic (exact) mass is 472 g/mol. The van der Waals surface area contributed by atoms with Crippen molar-refractivity contribution in [2.45, 2.75) is 32.4 Å². The van der Waals surface area contributed by atoms with Gasteiger partial charge in [0.15, 0.2) is 0 Å². The number of carbonyl (C=O) groups excluding carboxylic acids is 1. The zero-order valence-corrected chi connectivity index (χ0v) is 20.4. The van der Waals surface area contributed by atoms with Gasteiger partial charge in [0.1, 0.15) is 17.2 Å². The van der Waals surface area contributed by atoms with Crippen LogP contribution in [0.15, 0.2) is 55.3 Å².